The molecule has 1 aliphatic carbocycles. The summed E-state index contributed by atoms with van der Waals surface area (Å²) in [7, 11) is 0. The fraction of sp³-hybridized carbons (Fsp3) is 0.562. The molecule has 1 aromatic rings. The van der Waals surface area contributed by atoms with Crippen molar-refractivity contribution in [2.45, 2.75) is 51.6 Å². The Labute approximate surface area is 110 Å². The molecule has 2 heteroatoms. The molecule has 0 radical (unpaired) electrons. The zero-order valence-electron chi connectivity index (χ0n) is 11.2. The predicted molar refractivity (Wildman–Crippen MR) is 72.5 cm³/mol. The van der Waals surface area contributed by atoms with Gasteiger partial charge in [-0.2, -0.15) is 5.26 Å². The Morgan fingerprint density at radius 3 is 2.22 bits per heavy atom. The second-order valence-corrected chi connectivity index (χ2v) is 5.41. The fourth-order valence-electron chi connectivity index (χ4n) is 2.65. The Bertz CT molecular complexity index is 408. The summed E-state index contributed by atoms with van der Waals surface area (Å²) in [6.45, 7) is 4.08. The molecule has 0 unspecified atom stereocenters. The van der Waals surface area contributed by atoms with Crippen molar-refractivity contribution in [1.29, 1.82) is 5.26 Å². The predicted octanol–water partition coefficient (Wildman–Crippen LogP) is 4.27. The molecule has 0 spiro atoms. The summed E-state index contributed by atoms with van der Waals surface area (Å²) in [5.74, 6) is 1.85. The fourth-order valence-corrected chi connectivity index (χ4v) is 2.65. The minimum Gasteiger partial charge on any atom is -0.491 e. The van der Waals surface area contributed by atoms with Crippen molar-refractivity contribution < 1.29 is 4.74 Å². The van der Waals surface area contributed by atoms with Gasteiger partial charge in [0.05, 0.1) is 12.2 Å². The zero-order chi connectivity index (χ0) is 13.0. The normalized spacial score (nSPS) is 23.7. The number of hydrogen-bond donors (Lipinski definition) is 0. The quantitative estimate of drug-likeness (QED) is 0.794. The van der Waals surface area contributed by atoms with E-state index in [1.165, 1.54) is 5.56 Å². The van der Waals surface area contributed by atoms with E-state index in [9.17, 15) is 0 Å². The summed E-state index contributed by atoms with van der Waals surface area (Å²) in [6.07, 6.45) is 4.60. The third-order valence-electron chi connectivity index (χ3n) is 3.63. The van der Waals surface area contributed by atoms with Crippen molar-refractivity contribution in [2.24, 2.45) is 5.92 Å². The monoisotopic (exact) mass is 243 g/mol. The van der Waals surface area contributed by atoms with E-state index in [0.29, 0.717) is 5.92 Å². The van der Waals surface area contributed by atoms with Crippen LogP contribution in [0.2, 0.25) is 0 Å². The third-order valence-corrected chi connectivity index (χ3v) is 3.63. The first-order valence-electron chi connectivity index (χ1n) is 6.85. The van der Waals surface area contributed by atoms with Gasteiger partial charge in [-0.25, -0.2) is 0 Å². The average molecular weight is 243 g/mol. The van der Waals surface area contributed by atoms with Crippen LogP contribution in [0.1, 0.15) is 51.0 Å². The average Bonchev–Trinajstić information content (AvgIpc) is 2.39. The van der Waals surface area contributed by atoms with E-state index in [0.717, 1.165) is 31.4 Å². The van der Waals surface area contributed by atoms with Gasteiger partial charge in [-0.1, -0.05) is 12.1 Å². The van der Waals surface area contributed by atoms with Crippen molar-refractivity contribution in [3.05, 3.63) is 29.8 Å². The van der Waals surface area contributed by atoms with Crippen LogP contribution >= 0.6 is 0 Å². The molecule has 0 amide bonds. The van der Waals surface area contributed by atoms with Gasteiger partial charge in [0, 0.05) is 5.92 Å². The molecule has 0 saturated heterocycles. The number of rotatable bonds is 3. The third kappa shape index (κ3) is 3.26. The highest BCUT2D eigenvalue weighted by Gasteiger charge is 2.21. The van der Waals surface area contributed by atoms with Gasteiger partial charge in [0.1, 0.15) is 5.75 Å². The second kappa shape index (κ2) is 5.91. The first-order chi connectivity index (χ1) is 8.69. The maximum absolute atomic E-state index is 8.90. The molecule has 2 nitrogen and oxygen atoms in total. The Hall–Kier alpha value is -1.49. The highest BCUT2D eigenvalue weighted by molar-refractivity contribution is 5.30. The lowest BCUT2D eigenvalue weighted by molar-refractivity contribution is 0.242. The van der Waals surface area contributed by atoms with Gasteiger partial charge in [-0.15, -0.1) is 0 Å². The topological polar surface area (TPSA) is 33.0 Å². The summed E-state index contributed by atoms with van der Waals surface area (Å²) < 4.78 is 5.65. The summed E-state index contributed by atoms with van der Waals surface area (Å²) >= 11 is 0. The number of nitriles is 1. The lowest BCUT2D eigenvalue weighted by atomic mass is 9.79. The second-order valence-electron chi connectivity index (χ2n) is 5.41. The van der Waals surface area contributed by atoms with E-state index in [1.807, 2.05) is 13.8 Å². The molecule has 0 N–H and O–H groups in total. The van der Waals surface area contributed by atoms with Crippen molar-refractivity contribution in [3.8, 4) is 11.8 Å². The van der Waals surface area contributed by atoms with Gasteiger partial charge in [0.25, 0.3) is 0 Å². The minimum absolute atomic E-state index is 0.224. The molecule has 96 valence electrons. The number of benzene rings is 1. The minimum atomic E-state index is 0.224. The molecule has 1 aromatic carbocycles. The Morgan fingerprint density at radius 1 is 1.11 bits per heavy atom. The number of ether oxygens (including phenoxy) is 1. The van der Waals surface area contributed by atoms with Crippen molar-refractivity contribution in [2.75, 3.05) is 0 Å². The van der Waals surface area contributed by atoms with Crippen LogP contribution in [0.15, 0.2) is 24.3 Å². The van der Waals surface area contributed by atoms with Crippen LogP contribution in [-0.4, -0.2) is 6.10 Å². The van der Waals surface area contributed by atoms with Crippen LogP contribution in [0.5, 0.6) is 5.75 Å². The largest absolute Gasteiger partial charge is 0.491 e. The Balaban J connectivity index is 1.96. The maximum atomic E-state index is 8.90. The Kier molecular flexibility index (Phi) is 4.25. The number of nitrogens with zero attached hydrogens (tertiary/aromatic N) is 1. The molecular formula is C16H21NO. The summed E-state index contributed by atoms with van der Waals surface area (Å²) in [4.78, 5) is 0. The SMILES string of the molecule is CC(C)Oc1ccc(C2CCC(C#N)CC2)cc1. The molecule has 1 aliphatic rings. The molecule has 1 fully saturated rings. The smallest absolute Gasteiger partial charge is 0.119 e. The summed E-state index contributed by atoms with van der Waals surface area (Å²) in [6, 6.07) is 10.9. The van der Waals surface area contributed by atoms with Gasteiger partial charge in [0.15, 0.2) is 0 Å². The van der Waals surface area contributed by atoms with Crippen LogP contribution in [-0.2, 0) is 0 Å². The zero-order valence-corrected chi connectivity index (χ0v) is 11.2. The van der Waals surface area contributed by atoms with Crippen molar-refractivity contribution in [1.82, 2.24) is 0 Å². The van der Waals surface area contributed by atoms with Crippen LogP contribution in [0.25, 0.3) is 0 Å². The van der Waals surface area contributed by atoms with E-state index in [-0.39, 0.29) is 12.0 Å². The van der Waals surface area contributed by atoms with Crippen LogP contribution in [0, 0.1) is 17.2 Å². The van der Waals surface area contributed by atoms with Gasteiger partial charge < -0.3 is 4.74 Å². The standard InChI is InChI=1S/C16H21NO/c1-12(2)18-16-9-7-15(8-10-16)14-5-3-13(11-17)4-6-14/h7-10,12-14H,3-6H2,1-2H3. The van der Waals surface area contributed by atoms with E-state index >= 15 is 0 Å². The molecule has 1 saturated carbocycles. The molecule has 0 bridgehead atoms. The first-order valence-corrected chi connectivity index (χ1v) is 6.85. The van der Waals surface area contributed by atoms with Gasteiger partial charge >= 0.3 is 0 Å². The number of hydrogen-bond acceptors (Lipinski definition) is 2. The summed E-state index contributed by atoms with van der Waals surface area (Å²) in [5.41, 5.74) is 1.39. The first kappa shape index (κ1) is 13.0. The van der Waals surface area contributed by atoms with Gasteiger partial charge in [0.2, 0.25) is 0 Å². The van der Waals surface area contributed by atoms with E-state index in [4.69, 9.17) is 10.00 Å². The van der Waals surface area contributed by atoms with E-state index in [1.54, 1.807) is 0 Å². The highest BCUT2D eigenvalue weighted by atomic mass is 16.5. The van der Waals surface area contributed by atoms with Crippen LogP contribution < -0.4 is 4.74 Å². The molecular weight excluding hydrogens is 222 g/mol. The van der Waals surface area contributed by atoms with Crippen molar-refractivity contribution >= 4 is 0 Å². The molecule has 2 rings (SSSR count). The van der Waals surface area contributed by atoms with Gasteiger partial charge in [-0.05, 0) is 63.1 Å². The van der Waals surface area contributed by atoms with E-state index < -0.39 is 0 Å². The highest BCUT2D eigenvalue weighted by Crippen LogP contribution is 2.35. The molecule has 0 atom stereocenters. The van der Waals surface area contributed by atoms with E-state index in [2.05, 4.69) is 30.3 Å². The molecule has 0 heterocycles. The van der Waals surface area contributed by atoms with Crippen LogP contribution in [0.4, 0.5) is 0 Å². The lowest BCUT2D eigenvalue weighted by Gasteiger charge is -2.25. The Morgan fingerprint density at radius 2 is 1.72 bits per heavy atom. The molecule has 18 heavy (non-hydrogen) atoms. The van der Waals surface area contributed by atoms with Crippen LogP contribution in [0.3, 0.4) is 0 Å². The molecule has 0 aromatic heterocycles. The van der Waals surface area contributed by atoms with Gasteiger partial charge in [-0.3, -0.25) is 0 Å². The summed E-state index contributed by atoms with van der Waals surface area (Å²) in [5, 5.41) is 8.90. The van der Waals surface area contributed by atoms with Crippen molar-refractivity contribution in [3.63, 3.8) is 0 Å². The maximum Gasteiger partial charge on any atom is 0.119 e. The molecule has 0 aliphatic heterocycles. The lowest BCUT2D eigenvalue weighted by Crippen LogP contribution is -2.12.